The van der Waals surface area contributed by atoms with Gasteiger partial charge in [0.15, 0.2) is 0 Å². The Labute approximate surface area is 86.6 Å². The Hall–Kier alpha value is -0.940. The Bertz CT molecular complexity index is 230. The molecule has 1 aliphatic rings. The van der Waals surface area contributed by atoms with Crippen LogP contribution < -0.4 is 5.32 Å². The number of hydrogen-bond donors (Lipinski definition) is 1. The second-order valence-corrected chi connectivity index (χ2v) is 3.66. The molecule has 0 saturated carbocycles. The smallest absolute Gasteiger partial charge is 0.338 e. The van der Waals surface area contributed by atoms with Crippen molar-refractivity contribution in [3.05, 3.63) is 0 Å². The second-order valence-electron chi connectivity index (χ2n) is 3.66. The van der Waals surface area contributed by atoms with Gasteiger partial charge < -0.3 is 10.2 Å². The van der Waals surface area contributed by atoms with Crippen LogP contribution in [0, 0.1) is 5.92 Å². The van der Waals surface area contributed by atoms with E-state index in [9.17, 15) is 18.0 Å². The minimum atomic E-state index is -4.19. The molecule has 3 nitrogen and oxygen atoms in total. The fourth-order valence-electron chi connectivity index (χ4n) is 1.69. The number of nitrogens with zero attached hydrogens (tertiary/aromatic N) is 1. The van der Waals surface area contributed by atoms with Crippen molar-refractivity contribution in [1.29, 1.82) is 0 Å². The molecule has 88 valence electrons. The molecule has 1 unspecified atom stereocenters. The van der Waals surface area contributed by atoms with E-state index in [2.05, 4.69) is 5.32 Å². The second kappa shape index (κ2) is 4.72. The third-order valence-electron chi connectivity index (χ3n) is 2.50. The molecule has 0 spiro atoms. The average Bonchev–Trinajstić information content (AvgIpc) is 2.17. The summed E-state index contributed by atoms with van der Waals surface area (Å²) in [6.45, 7) is 2.38. The van der Waals surface area contributed by atoms with Gasteiger partial charge in [-0.1, -0.05) is 0 Å². The molecule has 1 N–H and O–H groups in total. The lowest BCUT2D eigenvalue weighted by Gasteiger charge is -2.33. The first-order valence-corrected chi connectivity index (χ1v) is 5.04. The molecule has 0 radical (unpaired) electrons. The molecule has 0 aromatic carbocycles. The highest BCUT2D eigenvalue weighted by Crippen LogP contribution is 2.32. The van der Waals surface area contributed by atoms with Gasteiger partial charge in [-0.3, -0.25) is 0 Å². The third-order valence-corrected chi connectivity index (χ3v) is 2.50. The minimum Gasteiger partial charge on any atom is -0.338 e. The Morgan fingerprint density at radius 3 is 2.73 bits per heavy atom. The maximum absolute atomic E-state index is 12.4. The molecule has 0 aromatic rings. The zero-order chi connectivity index (χ0) is 11.5. The molecule has 1 fully saturated rings. The van der Waals surface area contributed by atoms with Gasteiger partial charge in [-0.05, 0) is 19.8 Å². The predicted molar refractivity (Wildman–Crippen MR) is 49.4 cm³/mol. The first-order valence-electron chi connectivity index (χ1n) is 5.04. The van der Waals surface area contributed by atoms with Crippen molar-refractivity contribution in [2.45, 2.75) is 25.9 Å². The van der Waals surface area contributed by atoms with E-state index in [1.165, 1.54) is 4.90 Å². The Morgan fingerprint density at radius 2 is 2.20 bits per heavy atom. The number of carbonyl (C=O) groups excluding carboxylic acids is 1. The first-order chi connectivity index (χ1) is 6.95. The first kappa shape index (κ1) is 12.1. The summed E-state index contributed by atoms with van der Waals surface area (Å²) in [7, 11) is 0. The fourth-order valence-corrected chi connectivity index (χ4v) is 1.69. The quantitative estimate of drug-likeness (QED) is 0.725. The summed E-state index contributed by atoms with van der Waals surface area (Å²) in [5.41, 5.74) is 0. The van der Waals surface area contributed by atoms with Crippen LogP contribution in [0.3, 0.4) is 0 Å². The lowest BCUT2D eigenvalue weighted by Crippen LogP contribution is -2.48. The van der Waals surface area contributed by atoms with Crippen molar-refractivity contribution in [3.63, 3.8) is 0 Å². The van der Waals surface area contributed by atoms with Crippen LogP contribution in [0.1, 0.15) is 19.8 Å². The van der Waals surface area contributed by atoms with Gasteiger partial charge in [-0.2, -0.15) is 13.2 Å². The Kier molecular flexibility index (Phi) is 3.82. The van der Waals surface area contributed by atoms with E-state index in [-0.39, 0.29) is 13.0 Å². The van der Waals surface area contributed by atoms with E-state index >= 15 is 0 Å². The SMILES string of the molecule is CCNC(=O)N1CCCC(C(F)(F)F)C1. The van der Waals surface area contributed by atoms with Gasteiger partial charge in [-0.25, -0.2) is 4.79 Å². The molecule has 0 aliphatic carbocycles. The van der Waals surface area contributed by atoms with E-state index < -0.39 is 18.1 Å². The van der Waals surface area contributed by atoms with Crippen LogP contribution >= 0.6 is 0 Å². The summed E-state index contributed by atoms with van der Waals surface area (Å²) in [4.78, 5) is 12.6. The lowest BCUT2D eigenvalue weighted by atomic mass is 9.98. The third kappa shape index (κ3) is 3.28. The molecule has 0 bridgehead atoms. The van der Waals surface area contributed by atoms with E-state index in [0.717, 1.165) is 0 Å². The van der Waals surface area contributed by atoms with E-state index in [4.69, 9.17) is 0 Å². The maximum Gasteiger partial charge on any atom is 0.393 e. The number of urea groups is 1. The van der Waals surface area contributed by atoms with E-state index in [1.807, 2.05) is 0 Å². The van der Waals surface area contributed by atoms with Crippen molar-refractivity contribution in [3.8, 4) is 0 Å². The molecule has 1 aliphatic heterocycles. The Balaban J connectivity index is 2.52. The predicted octanol–water partition coefficient (Wildman–Crippen LogP) is 1.99. The molecule has 0 aromatic heterocycles. The molecule has 1 heterocycles. The summed E-state index contributed by atoms with van der Waals surface area (Å²) in [5, 5.41) is 2.51. The van der Waals surface area contributed by atoms with Gasteiger partial charge in [-0.15, -0.1) is 0 Å². The number of carbonyl (C=O) groups is 1. The van der Waals surface area contributed by atoms with Gasteiger partial charge in [0.25, 0.3) is 0 Å². The van der Waals surface area contributed by atoms with Crippen molar-refractivity contribution in [1.82, 2.24) is 10.2 Å². The van der Waals surface area contributed by atoms with Gasteiger partial charge >= 0.3 is 12.2 Å². The van der Waals surface area contributed by atoms with Crippen LogP contribution in [0.25, 0.3) is 0 Å². The van der Waals surface area contributed by atoms with Crippen LogP contribution in [0.4, 0.5) is 18.0 Å². The summed E-state index contributed by atoms with van der Waals surface area (Å²) in [6.07, 6.45) is -3.65. The van der Waals surface area contributed by atoms with Gasteiger partial charge in [0, 0.05) is 19.6 Å². The summed E-state index contributed by atoms with van der Waals surface area (Å²) in [6, 6.07) is -0.397. The topological polar surface area (TPSA) is 32.3 Å². The molecular formula is C9H15F3N2O. The highest BCUT2D eigenvalue weighted by molar-refractivity contribution is 5.74. The van der Waals surface area contributed by atoms with E-state index in [0.29, 0.717) is 19.5 Å². The maximum atomic E-state index is 12.4. The van der Waals surface area contributed by atoms with Crippen LogP contribution in [0.15, 0.2) is 0 Å². The van der Waals surface area contributed by atoms with Crippen LogP contribution in [-0.4, -0.2) is 36.7 Å². The number of hydrogen-bond acceptors (Lipinski definition) is 1. The molecule has 2 amide bonds. The largest absolute Gasteiger partial charge is 0.393 e. The summed E-state index contributed by atoms with van der Waals surface area (Å²) in [5.74, 6) is -1.37. The van der Waals surface area contributed by atoms with Crippen LogP contribution in [0.5, 0.6) is 0 Å². The number of likely N-dealkylation sites (tertiary alicyclic amines) is 1. The van der Waals surface area contributed by atoms with Crippen molar-refractivity contribution in [2.24, 2.45) is 5.92 Å². The monoisotopic (exact) mass is 224 g/mol. The molecular weight excluding hydrogens is 209 g/mol. The van der Waals surface area contributed by atoms with Crippen LogP contribution in [0.2, 0.25) is 0 Å². The molecule has 1 saturated heterocycles. The molecule has 1 rings (SSSR count). The zero-order valence-corrected chi connectivity index (χ0v) is 8.60. The standard InChI is InChI=1S/C9H15F3N2O/c1-2-13-8(15)14-5-3-4-7(6-14)9(10,11)12/h7H,2-6H2,1H3,(H,13,15). The highest BCUT2D eigenvalue weighted by Gasteiger charge is 2.42. The number of halogens is 3. The van der Waals surface area contributed by atoms with Crippen LogP contribution in [-0.2, 0) is 0 Å². The summed E-state index contributed by atoms with van der Waals surface area (Å²) >= 11 is 0. The molecule has 15 heavy (non-hydrogen) atoms. The number of rotatable bonds is 1. The van der Waals surface area contributed by atoms with Crippen molar-refractivity contribution >= 4 is 6.03 Å². The molecule has 1 atom stereocenters. The number of piperidine rings is 1. The number of amides is 2. The van der Waals surface area contributed by atoms with E-state index in [1.54, 1.807) is 6.92 Å². The zero-order valence-electron chi connectivity index (χ0n) is 8.60. The normalized spacial score (nSPS) is 22.7. The number of nitrogens with one attached hydrogen (secondary N) is 1. The van der Waals surface area contributed by atoms with Gasteiger partial charge in [0.05, 0.1) is 5.92 Å². The van der Waals surface area contributed by atoms with Gasteiger partial charge in [0.2, 0.25) is 0 Å². The van der Waals surface area contributed by atoms with Gasteiger partial charge in [0.1, 0.15) is 0 Å². The lowest BCUT2D eigenvalue weighted by molar-refractivity contribution is -0.183. The molecule has 6 heteroatoms. The Morgan fingerprint density at radius 1 is 1.53 bits per heavy atom. The minimum absolute atomic E-state index is 0.124. The average molecular weight is 224 g/mol. The number of alkyl halides is 3. The summed E-state index contributed by atoms with van der Waals surface area (Å²) < 4.78 is 37.2. The van der Waals surface area contributed by atoms with Crippen molar-refractivity contribution in [2.75, 3.05) is 19.6 Å². The van der Waals surface area contributed by atoms with Crippen molar-refractivity contribution < 1.29 is 18.0 Å². The fraction of sp³-hybridized carbons (Fsp3) is 0.889. The highest BCUT2D eigenvalue weighted by atomic mass is 19.4.